The molecule has 154 valence electrons. The Labute approximate surface area is 164 Å². The number of amides is 1. The zero-order valence-corrected chi connectivity index (χ0v) is 16.1. The van der Waals surface area contributed by atoms with E-state index in [0.29, 0.717) is 39.1 Å². The molecule has 3 saturated heterocycles. The molecule has 28 heavy (non-hydrogen) atoms. The van der Waals surface area contributed by atoms with Crippen LogP contribution in [0.15, 0.2) is 24.3 Å². The number of ether oxygens (including phenoxy) is 3. The number of nitrogens with zero attached hydrogens (tertiary/aromatic N) is 1. The molecule has 8 heteroatoms. The molecule has 1 aromatic rings. The van der Waals surface area contributed by atoms with Crippen LogP contribution in [-0.2, 0) is 20.8 Å². The molecule has 0 saturated carbocycles. The topological polar surface area (TPSA) is 106 Å². The van der Waals surface area contributed by atoms with Crippen molar-refractivity contribution in [2.24, 2.45) is 11.7 Å². The van der Waals surface area contributed by atoms with E-state index in [1.807, 2.05) is 24.3 Å². The number of rotatable bonds is 6. The molecular weight excluding hydrogens is 362 g/mol. The number of aliphatic hydroxyl groups excluding tert-OH is 1. The number of benzene rings is 1. The summed E-state index contributed by atoms with van der Waals surface area (Å²) in [6, 6.07) is 7.31. The zero-order chi connectivity index (χ0) is 19.7. The Balaban J connectivity index is 1.43. The van der Waals surface area contributed by atoms with E-state index in [9.17, 15) is 9.90 Å². The summed E-state index contributed by atoms with van der Waals surface area (Å²) in [6.45, 7) is 2.41. The second kappa shape index (κ2) is 8.34. The minimum atomic E-state index is -0.633. The number of aliphatic hydroxyl groups is 1. The highest BCUT2D eigenvalue weighted by Gasteiger charge is 2.52. The van der Waals surface area contributed by atoms with Gasteiger partial charge in [-0.2, -0.15) is 0 Å². The first-order valence-electron chi connectivity index (χ1n) is 9.92. The maximum Gasteiger partial charge on any atom is 0.220 e. The molecule has 0 aromatic heterocycles. The molecule has 0 spiro atoms. The highest BCUT2D eigenvalue weighted by atomic mass is 16.7. The lowest BCUT2D eigenvalue weighted by molar-refractivity contribution is -0.186. The van der Waals surface area contributed by atoms with E-state index in [1.54, 1.807) is 7.11 Å². The van der Waals surface area contributed by atoms with E-state index in [0.717, 1.165) is 11.3 Å². The van der Waals surface area contributed by atoms with E-state index in [4.69, 9.17) is 19.9 Å². The number of nitrogens with two attached hydrogens (primary N) is 1. The van der Waals surface area contributed by atoms with Crippen LogP contribution in [0.4, 0.5) is 0 Å². The lowest BCUT2D eigenvalue weighted by atomic mass is 9.90. The number of likely N-dealkylation sites (tertiary alicyclic amines) is 1. The van der Waals surface area contributed by atoms with Gasteiger partial charge in [-0.3, -0.25) is 9.69 Å². The van der Waals surface area contributed by atoms with Crippen molar-refractivity contribution < 1.29 is 24.1 Å². The van der Waals surface area contributed by atoms with Crippen LogP contribution in [0.25, 0.3) is 0 Å². The molecule has 1 aromatic carbocycles. The number of primary amides is 1. The number of hydrogen-bond acceptors (Lipinski definition) is 7. The molecule has 3 aliphatic rings. The van der Waals surface area contributed by atoms with Crippen molar-refractivity contribution in [2.45, 2.75) is 50.0 Å². The number of hydrogen-bond donors (Lipinski definition) is 3. The van der Waals surface area contributed by atoms with Crippen molar-refractivity contribution in [1.82, 2.24) is 10.2 Å². The lowest BCUT2D eigenvalue weighted by Crippen LogP contribution is -2.65. The van der Waals surface area contributed by atoms with Gasteiger partial charge in [0.1, 0.15) is 11.9 Å². The number of piperidine rings is 1. The number of nitrogens with one attached hydrogen (secondary N) is 1. The Morgan fingerprint density at radius 2 is 2.11 bits per heavy atom. The molecule has 4 N–H and O–H groups in total. The third-order valence-electron chi connectivity index (χ3n) is 6.21. The highest BCUT2D eigenvalue weighted by molar-refractivity contribution is 5.76. The second-order valence-electron chi connectivity index (χ2n) is 7.79. The molecular formula is C20H29N3O5. The van der Waals surface area contributed by atoms with Crippen LogP contribution in [0.1, 0.15) is 18.4 Å². The third-order valence-corrected chi connectivity index (χ3v) is 6.21. The van der Waals surface area contributed by atoms with Crippen LogP contribution in [0.5, 0.6) is 5.75 Å². The van der Waals surface area contributed by atoms with Crippen LogP contribution in [-0.4, -0.2) is 73.3 Å². The molecule has 4 rings (SSSR count). The monoisotopic (exact) mass is 391 g/mol. The highest BCUT2D eigenvalue weighted by Crippen LogP contribution is 2.33. The van der Waals surface area contributed by atoms with E-state index in [-0.39, 0.29) is 30.0 Å². The van der Waals surface area contributed by atoms with Gasteiger partial charge >= 0.3 is 0 Å². The van der Waals surface area contributed by atoms with Crippen molar-refractivity contribution in [2.75, 3.05) is 26.8 Å². The molecule has 8 nitrogen and oxygen atoms in total. The van der Waals surface area contributed by atoms with Gasteiger partial charge in [0.15, 0.2) is 6.29 Å². The van der Waals surface area contributed by atoms with Gasteiger partial charge in [0.25, 0.3) is 0 Å². The maximum atomic E-state index is 11.4. The van der Waals surface area contributed by atoms with Gasteiger partial charge < -0.3 is 30.4 Å². The molecule has 3 heterocycles. The van der Waals surface area contributed by atoms with Gasteiger partial charge in [-0.25, -0.2) is 0 Å². The van der Waals surface area contributed by atoms with Gasteiger partial charge in [0, 0.05) is 18.0 Å². The predicted molar refractivity (Wildman–Crippen MR) is 102 cm³/mol. The first-order chi connectivity index (χ1) is 13.6. The normalized spacial score (nSPS) is 33.7. The smallest absolute Gasteiger partial charge is 0.220 e. The Bertz CT molecular complexity index is 694. The summed E-state index contributed by atoms with van der Waals surface area (Å²) in [4.78, 5) is 13.6. The first-order valence-corrected chi connectivity index (χ1v) is 9.92. The predicted octanol–water partition coefficient (Wildman–Crippen LogP) is -0.165. The van der Waals surface area contributed by atoms with Crippen molar-refractivity contribution in [3.8, 4) is 5.75 Å². The summed E-state index contributed by atoms with van der Waals surface area (Å²) in [5.74, 6) is 0.482. The Morgan fingerprint density at radius 3 is 2.82 bits per heavy atom. The van der Waals surface area contributed by atoms with Crippen molar-refractivity contribution in [1.29, 1.82) is 0 Å². The summed E-state index contributed by atoms with van der Waals surface area (Å²) in [5, 5.41) is 14.6. The third kappa shape index (κ3) is 3.75. The van der Waals surface area contributed by atoms with Crippen LogP contribution < -0.4 is 15.8 Å². The fraction of sp³-hybridized carbons (Fsp3) is 0.650. The summed E-state index contributed by atoms with van der Waals surface area (Å²) in [5.41, 5.74) is 6.47. The number of para-hydroxylation sites is 1. The van der Waals surface area contributed by atoms with Crippen LogP contribution in [0.3, 0.4) is 0 Å². The molecule has 1 amide bonds. The van der Waals surface area contributed by atoms with E-state index in [1.165, 1.54) is 0 Å². The van der Waals surface area contributed by atoms with E-state index < -0.39 is 12.4 Å². The van der Waals surface area contributed by atoms with Crippen LogP contribution in [0, 0.1) is 5.92 Å². The molecule has 3 fully saturated rings. The number of carbonyl (C=O) groups is 1. The number of methoxy groups -OCH3 is 1. The average molecular weight is 391 g/mol. The Kier molecular flexibility index (Phi) is 5.84. The van der Waals surface area contributed by atoms with Crippen LogP contribution in [0.2, 0.25) is 0 Å². The maximum absolute atomic E-state index is 11.4. The fourth-order valence-corrected chi connectivity index (χ4v) is 4.60. The second-order valence-corrected chi connectivity index (χ2v) is 7.79. The Morgan fingerprint density at radius 1 is 1.36 bits per heavy atom. The minimum absolute atomic E-state index is 0.0883. The number of carbonyl (C=O) groups excluding carboxylic acids is 1. The summed E-state index contributed by atoms with van der Waals surface area (Å²) >= 11 is 0. The fourth-order valence-electron chi connectivity index (χ4n) is 4.60. The van der Waals surface area contributed by atoms with E-state index >= 15 is 0 Å². The lowest BCUT2D eigenvalue weighted by Gasteiger charge is -2.46. The van der Waals surface area contributed by atoms with Gasteiger partial charge in [0.05, 0.1) is 31.9 Å². The largest absolute Gasteiger partial charge is 0.496 e. The number of fused-ring (bicyclic) bond motifs is 2. The van der Waals surface area contributed by atoms with Gasteiger partial charge in [-0.1, -0.05) is 18.2 Å². The molecule has 2 bridgehead atoms. The Hall–Kier alpha value is -1.71. The van der Waals surface area contributed by atoms with Crippen molar-refractivity contribution in [3.63, 3.8) is 0 Å². The summed E-state index contributed by atoms with van der Waals surface area (Å²) in [7, 11) is 1.65. The van der Waals surface area contributed by atoms with Crippen LogP contribution >= 0.6 is 0 Å². The molecule has 0 radical (unpaired) electrons. The first kappa shape index (κ1) is 19.6. The van der Waals surface area contributed by atoms with E-state index in [2.05, 4.69) is 10.2 Å². The summed E-state index contributed by atoms with van der Waals surface area (Å²) < 4.78 is 17.3. The molecule has 5 atom stereocenters. The molecule has 5 unspecified atom stereocenters. The average Bonchev–Trinajstić information content (AvgIpc) is 3.13. The summed E-state index contributed by atoms with van der Waals surface area (Å²) in [6.07, 6.45) is 0.150. The quantitative estimate of drug-likeness (QED) is 0.618. The van der Waals surface area contributed by atoms with Crippen molar-refractivity contribution in [3.05, 3.63) is 29.8 Å². The SMILES string of the molecule is COc1ccccc1CNC1C2COC(O2)C(N2CCC(C(N)=O)CC2)C1O. The van der Waals surface area contributed by atoms with Crippen molar-refractivity contribution >= 4 is 5.91 Å². The standard InChI is InChI=1S/C20H29N3O5/c1-26-14-5-3-2-4-13(14)10-22-16-15-11-27-20(28-15)17(18(16)24)23-8-6-12(7-9-23)19(21)25/h2-5,12,15-18,20,22,24H,6-11H2,1H3,(H2,21,25). The molecule has 3 aliphatic heterocycles. The van der Waals surface area contributed by atoms with Gasteiger partial charge in [0.2, 0.25) is 5.91 Å². The zero-order valence-electron chi connectivity index (χ0n) is 16.1. The van der Waals surface area contributed by atoms with Gasteiger partial charge in [-0.15, -0.1) is 0 Å². The van der Waals surface area contributed by atoms with Gasteiger partial charge in [-0.05, 0) is 32.0 Å². The minimum Gasteiger partial charge on any atom is -0.496 e. The molecule has 0 aliphatic carbocycles.